The summed E-state index contributed by atoms with van der Waals surface area (Å²) in [7, 11) is 0. The Hall–Kier alpha value is -1.02. The topological polar surface area (TPSA) is 15.3 Å². The molecule has 0 aliphatic carbocycles. The largest absolute Gasteiger partial charge is 0.372 e. The first kappa shape index (κ1) is 12.1. The van der Waals surface area contributed by atoms with Crippen LogP contribution < -0.4 is 5.32 Å². The minimum Gasteiger partial charge on any atom is -0.372 e. The van der Waals surface area contributed by atoms with Gasteiger partial charge in [0.2, 0.25) is 0 Å². The van der Waals surface area contributed by atoms with Crippen molar-refractivity contribution in [2.45, 2.75) is 20.3 Å². The molecule has 1 fully saturated rings. The van der Waals surface area contributed by atoms with E-state index in [1.54, 1.807) is 0 Å². The molecule has 0 aromatic heterocycles. The van der Waals surface area contributed by atoms with E-state index >= 15 is 0 Å². The number of nitrogens with zero attached hydrogens (tertiary/aromatic N) is 1. The summed E-state index contributed by atoms with van der Waals surface area (Å²) >= 11 is 0. The summed E-state index contributed by atoms with van der Waals surface area (Å²) in [5.41, 5.74) is 2.59. The minimum atomic E-state index is 0.973. The van der Waals surface area contributed by atoms with Crippen LogP contribution in [0.25, 0.3) is 0 Å². The number of hydrogen-bond donors (Lipinski definition) is 1. The number of rotatable bonds is 4. The summed E-state index contributed by atoms with van der Waals surface area (Å²) in [5.74, 6) is 0. The SMILES string of the molecule is C=C(CC(/C=C\C)=C/C)N1CCNCC1. The molecule has 0 aromatic rings. The second-order valence-electron chi connectivity index (χ2n) is 3.84. The Morgan fingerprint density at radius 1 is 1.33 bits per heavy atom. The first-order valence-corrected chi connectivity index (χ1v) is 5.69. The average molecular weight is 206 g/mol. The van der Waals surface area contributed by atoms with Gasteiger partial charge < -0.3 is 10.2 Å². The molecular formula is C13H22N2. The lowest BCUT2D eigenvalue weighted by Crippen LogP contribution is -2.42. The van der Waals surface area contributed by atoms with E-state index in [1.165, 1.54) is 11.3 Å². The molecule has 84 valence electrons. The molecule has 0 radical (unpaired) electrons. The fraction of sp³-hybridized carbons (Fsp3) is 0.538. The van der Waals surface area contributed by atoms with Crippen molar-refractivity contribution in [3.8, 4) is 0 Å². The standard InChI is InChI=1S/C13H22N2/c1-4-6-13(5-2)11-12(3)15-9-7-14-8-10-15/h4-6,14H,3,7-11H2,1-2H3/b6-4-,13-5+. The summed E-state index contributed by atoms with van der Waals surface area (Å²) in [5, 5.41) is 3.35. The first-order chi connectivity index (χ1) is 7.27. The molecule has 0 saturated carbocycles. The molecule has 2 heteroatoms. The zero-order chi connectivity index (χ0) is 11.1. The summed E-state index contributed by atoms with van der Waals surface area (Å²) in [6, 6.07) is 0. The van der Waals surface area contributed by atoms with Crippen molar-refractivity contribution in [3.05, 3.63) is 36.1 Å². The van der Waals surface area contributed by atoms with Crippen LogP contribution in [0.1, 0.15) is 20.3 Å². The first-order valence-electron chi connectivity index (χ1n) is 5.69. The summed E-state index contributed by atoms with van der Waals surface area (Å²) < 4.78 is 0. The van der Waals surface area contributed by atoms with Gasteiger partial charge in [0.15, 0.2) is 0 Å². The van der Waals surface area contributed by atoms with Crippen LogP contribution in [0.4, 0.5) is 0 Å². The third kappa shape index (κ3) is 3.92. The molecular weight excluding hydrogens is 184 g/mol. The van der Waals surface area contributed by atoms with Gasteiger partial charge in [-0.1, -0.05) is 24.8 Å². The molecule has 0 atom stereocenters. The molecule has 0 bridgehead atoms. The van der Waals surface area contributed by atoms with Crippen molar-refractivity contribution in [2.24, 2.45) is 0 Å². The van der Waals surface area contributed by atoms with Crippen molar-refractivity contribution >= 4 is 0 Å². The molecule has 0 spiro atoms. The Balaban J connectivity index is 2.46. The highest BCUT2D eigenvalue weighted by Gasteiger charge is 2.11. The highest BCUT2D eigenvalue weighted by molar-refractivity contribution is 5.23. The van der Waals surface area contributed by atoms with Crippen LogP contribution in [0.5, 0.6) is 0 Å². The van der Waals surface area contributed by atoms with E-state index < -0.39 is 0 Å². The van der Waals surface area contributed by atoms with Crippen molar-refractivity contribution in [1.82, 2.24) is 10.2 Å². The second-order valence-corrected chi connectivity index (χ2v) is 3.84. The Kier molecular flexibility index (Phi) is 5.19. The lowest BCUT2D eigenvalue weighted by atomic mass is 10.1. The van der Waals surface area contributed by atoms with Gasteiger partial charge in [-0.05, 0) is 19.4 Å². The Morgan fingerprint density at radius 3 is 2.53 bits per heavy atom. The van der Waals surface area contributed by atoms with Crippen LogP contribution >= 0.6 is 0 Å². The minimum absolute atomic E-state index is 0.973. The average Bonchev–Trinajstić information content (AvgIpc) is 2.29. The van der Waals surface area contributed by atoms with Gasteiger partial charge in [0.05, 0.1) is 0 Å². The normalized spacial score (nSPS) is 18.5. The van der Waals surface area contributed by atoms with Gasteiger partial charge in [0.25, 0.3) is 0 Å². The van der Waals surface area contributed by atoms with Gasteiger partial charge in [-0.15, -0.1) is 0 Å². The van der Waals surface area contributed by atoms with Crippen LogP contribution in [-0.2, 0) is 0 Å². The lowest BCUT2D eigenvalue weighted by Gasteiger charge is -2.31. The smallest absolute Gasteiger partial charge is 0.0300 e. The van der Waals surface area contributed by atoms with E-state index in [1.807, 2.05) is 0 Å². The van der Waals surface area contributed by atoms with Gasteiger partial charge in [-0.2, -0.15) is 0 Å². The molecule has 0 aromatic carbocycles. The maximum Gasteiger partial charge on any atom is 0.0300 e. The molecule has 1 rings (SSSR count). The zero-order valence-corrected chi connectivity index (χ0v) is 9.92. The van der Waals surface area contributed by atoms with E-state index in [4.69, 9.17) is 0 Å². The van der Waals surface area contributed by atoms with E-state index in [0.29, 0.717) is 0 Å². The van der Waals surface area contributed by atoms with E-state index in [9.17, 15) is 0 Å². The van der Waals surface area contributed by atoms with Crippen molar-refractivity contribution < 1.29 is 0 Å². The van der Waals surface area contributed by atoms with Crippen LogP contribution in [0.3, 0.4) is 0 Å². The predicted molar refractivity (Wildman–Crippen MR) is 66.8 cm³/mol. The second kappa shape index (κ2) is 6.46. The summed E-state index contributed by atoms with van der Waals surface area (Å²) in [6.45, 7) is 12.6. The number of nitrogens with one attached hydrogen (secondary N) is 1. The van der Waals surface area contributed by atoms with E-state index in [2.05, 4.69) is 48.9 Å². The summed E-state index contributed by atoms with van der Waals surface area (Å²) in [4.78, 5) is 2.38. The molecule has 15 heavy (non-hydrogen) atoms. The molecule has 1 aliphatic heterocycles. The molecule has 1 saturated heterocycles. The van der Waals surface area contributed by atoms with Crippen molar-refractivity contribution in [2.75, 3.05) is 26.2 Å². The van der Waals surface area contributed by atoms with Gasteiger partial charge >= 0.3 is 0 Å². The predicted octanol–water partition coefficient (Wildman–Crippen LogP) is 2.32. The third-order valence-corrected chi connectivity index (χ3v) is 2.72. The van der Waals surface area contributed by atoms with Crippen LogP contribution in [0.15, 0.2) is 36.1 Å². The van der Waals surface area contributed by atoms with Crippen LogP contribution in [0.2, 0.25) is 0 Å². The fourth-order valence-corrected chi connectivity index (χ4v) is 1.80. The Bertz CT molecular complexity index is 258. The molecule has 1 N–H and O–H groups in total. The number of hydrogen-bond acceptors (Lipinski definition) is 2. The zero-order valence-electron chi connectivity index (χ0n) is 9.92. The monoisotopic (exact) mass is 206 g/mol. The molecule has 0 unspecified atom stereocenters. The van der Waals surface area contributed by atoms with Gasteiger partial charge in [-0.3, -0.25) is 0 Å². The van der Waals surface area contributed by atoms with Gasteiger partial charge in [-0.25, -0.2) is 0 Å². The fourth-order valence-electron chi connectivity index (χ4n) is 1.80. The van der Waals surface area contributed by atoms with Crippen molar-refractivity contribution in [1.29, 1.82) is 0 Å². The summed E-state index contributed by atoms with van der Waals surface area (Å²) in [6.07, 6.45) is 7.38. The van der Waals surface area contributed by atoms with E-state index in [-0.39, 0.29) is 0 Å². The maximum absolute atomic E-state index is 4.17. The van der Waals surface area contributed by atoms with Gasteiger partial charge in [0.1, 0.15) is 0 Å². The third-order valence-electron chi connectivity index (χ3n) is 2.72. The quantitative estimate of drug-likeness (QED) is 0.710. The van der Waals surface area contributed by atoms with E-state index in [0.717, 1.165) is 32.6 Å². The highest BCUT2D eigenvalue weighted by Crippen LogP contribution is 2.15. The van der Waals surface area contributed by atoms with Crippen LogP contribution in [0, 0.1) is 0 Å². The molecule has 1 heterocycles. The van der Waals surface area contributed by atoms with Crippen molar-refractivity contribution in [3.63, 3.8) is 0 Å². The highest BCUT2D eigenvalue weighted by atomic mass is 15.2. The number of piperazine rings is 1. The molecule has 0 amide bonds. The Morgan fingerprint density at radius 2 is 2.00 bits per heavy atom. The maximum atomic E-state index is 4.17. The van der Waals surface area contributed by atoms with Gasteiger partial charge in [0, 0.05) is 38.3 Å². The molecule has 2 nitrogen and oxygen atoms in total. The lowest BCUT2D eigenvalue weighted by molar-refractivity contribution is 0.295. The number of allylic oxidation sites excluding steroid dienone is 4. The Labute approximate surface area is 93.4 Å². The van der Waals surface area contributed by atoms with Crippen LogP contribution in [-0.4, -0.2) is 31.1 Å². The molecule has 1 aliphatic rings.